The predicted molar refractivity (Wildman–Crippen MR) is 133 cm³/mol. The van der Waals surface area contributed by atoms with Gasteiger partial charge in [-0.15, -0.1) is 0 Å². The first-order chi connectivity index (χ1) is 19.1. The number of nitrogens with one attached hydrogen (secondary N) is 1. The van der Waals surface area contributed by atoms with Crippen molar-refractivity contribution in [2.45, 2.75) is 65.0 Å². The Hall–Kier alpha value is -3.75. The van der Waals surface area contributed by atoms with Crippen molar-refractivity contribution in [3.8, 4) is 0 Å². The first-order valence-corrected chi connectivity index (χ1v) is 12.5. The maximum absolute atomic E-state index is 11.8. The number of carbonyl (C=O) groups excluding carboxylic acids is 5. The van der Waals surface area contributed by atoms with Gasteiger partial charge in [-0.2, -0.15) is 0 Å². The molecule has 14 nitrogen and oxygen atoms in total. The minimum Gasteiger partial charge on any atom is -0.463 e. The number of benzene rings is 1. The highest BCUT2D eigenvalue weighted by atomic mass is 16.7. The topological polar surface area (TPSA) is 171 Å². The van der Waals surface area contributed by atoms with Crippen LogP contribution in [0.25, 0.3) is 0 Å². The minimum absolute atomic E-state index is 0.0492. The number of hydrogen-bond acceptors (Lipinski definition) is 13. The maximum atomic E-state index is 11.8. The van der Waals surface area contributed by atoms with E-state index in [9.17, 15) is 24.0 Å². The van der Waals surface area contributed by atoms with Gasteiger partial charge in [0.1, 0.15) is 19.3 Å². The Kier molecular flexibility index (Phi) is 13.8. The van der Waals surface area contributed by atoms with Crippen LogP contribution in [0, 0.1) is 0 Å². The molecule has 2 rings (SSSR count). The molecule has 1 aliphatic rings. The van der Waals surface area contributed by atoms with E-state index in [0.29, 0.717) is 0 Å². The fourth-order valence-electron chi connectivity index (χ4n) is 3.65. The van der Waals surface area contributed by atoms with E-state index in [4.69, 9.17) is 37.9 Å². The van der Waals surface area contributed by atoms with Crippen LogP contribution in [0.15, 0.2) is 30.3 Å². The fraction of sp³-hybridized carbons (Fsp3) is 0.577. The fourth-order valence-corrected chi connectivity index (χ4v) is 3.65. The lowest BCUT2D eigenvalue weighted by Crippen LogP contribution is -2.63. The molecule has 0 saturated carbocycles. The smallest absolute Gasteiger partial charge is 0.407 e. The molecule has 0 aromatic heterocycles. The quantitative estimate of drug-likeness (QED) is 0.191. The number of rotatable bonds is 14. The number of ether oxygens (including phenoxy) is 8. The Morgan fingerprint density at radius 1 is 0.750 bits per heavy atom. The molecule has 1 saturated heterocycles. The molecular formula is C26H35NO13. The van der Waals surface area contributed by atoms with Crippen molar-refractivity contribution in [1.82, 2.24) is 5.32 Å². The van der Waals surface area contributed by atoms with E-state index < -0.39 is 60.7 Å². The van der Waals surface area contributed by atoms with Crippen molar-refractivity contribution in [2.75, 3.05) is 33.0 Å². The second-order valence-corrected chi connectivity index (χ2v) is 8.54. The summed E-state index contributed by atoms with van der Waals surface area (Å²) in [6, 6.07) is 9.22. The molecule has 1 fully saturated rings. The third kappa shape index (κ3) is 12.0. The van der Waals surface area contributed by atoms with Crippen LogP contribution in [0.4, 0.5) is 4.79 Å². The Morgan fingerprint density at radius 3 is 2.00 bits per heavy atom. The van der Waals surface area contributed by atoms with Gasteiger partial charge in [-0.25, -0.2) is 4.79 Å². The van der Waals surface area contributed by atoms with Crippen LogP contribution >= 0.6 is 0 Å². The average Bonchev–Trinajstić information content (AvgIpc) is 2.88. The van der Waals surface area contributed by atoms with Crippen molar-refractivity contribution < 1.29 is 61.9 Å². The number of hydrogen-bond donors (Lipinski definition) is 1. The molecular weight excluding hydrogens is 534 g/mol. The van der Waals surface area contributed by atoms with E-state index in [1.165, 1.54) is 6.92 Å². The Balaban J connectivity index is 1.91. The largest absolute Gasteiger partial charge is 0.463 e. The van der Waals surface area contributed by atoms with E-state index in [2.05, 4.69) is 5.32 Å². The zero-order chi connectivity index (χ0) is 29.5. The number of carbonyl (C=O) groups is 5. The van der Waals surface area contributed by atoms with Gasteiger partial charge in [0.25, 0.3) is 0 Å². The molecule has 40 heavy (non-hydrogen) atoms. The van der Waals surface area contributed by atoms with Crippen molar-refractivity contribution in [3.05, 3.63) is 35.9 Å². The van der Waals surface area contributed by atoms with E-state index in [1.807, 2.05) is 30.3 Å². The zero-order valence-corrected chi connectivity index (χ0v) is 22.8. The highest BCUT2D eigenvalue weighted by molar-refractivity contribution is 5.69. The van der Waals surface area contributed by atoms with Crippen LogP contribution in [0.2, 0.25) is 0 Å². The number of amides is 1. The monoisotopic (exact) mass is 569 g/mol. The molecule has 14 heteroatoms. The Bertz CT molecular complexity index is 986. The molecule has 222 valence electrons. The lowest BCUT2D eigenvalue weighted by molar-refractivity contribution is -0.309. The summed E-state index contributed by atoms with van der Waals surface area (Å²) in [6.07, 6.45) is -6.91. The van der Waals surface area contributed by atoms with Crippen LogP contribution in [-0.2, 0) is 63.7 Å². The third-order valence-electron chi connectivity index (χ3n) is 5.19. The standard InChI is InChI=1S/C26H35NO13/c1-16(28)35-15-21-22(37-17(2)29)23(38-18(3)30)24(39-19(4)31)25(40-21)34-13-12-33-11-10-27-26(32)36-14-20-8-6-5-7-9-20/h5-9,21-25H,10-15H2,1-4H3,(H,27,32)/t21-,22-,23+,24+,25+/m1/s1. The van der Waals surface area contributed by atoms with Gasteiger partial charge in [0.05, 0.1) is 19.8 Å². The van der Waals surface area contributed by atoms with Crippen molar-refractivity contribution >= 4 is 30.0 Å². The van der Waals surface area contributed by atoms with Crippen LogP contribution in [-0.4, -0.2) is 93.6 Å². The van der Waals surface area contributed by atoms with E-state index in [0.717, 1.165) is 26.3 Å². The molecule has 1 N–H and O–H groups in total. The second-order valence-electron chi connectivity index (χ2n) is 8.54. The molecule has 1 heterocycles. The zero-order valence-electron chi connectivity index (χ0n) is 22.8. The molecule has 1 amide bonds. The average molecular weight is 570 g/mol. The Labute approximate surface area is 231 Å². The number of esters is 4. The highest BCUT2D eigenvalue weighted by Crippen LogP contribution is 2.30. The summed E-state index contributed by atoms with van der Waals surface area (Å²) in [5.74, 6) is -2.84. The van der Waals surface area contributed by atoms with Crippen molar-refractivity contribution in [3.63, 3.8) is 0 Å². The summed E-state index contributed by atoms with van der Waals surface area (Å²) in [5.41, 5.74) is 0.855. The minimum atomic E-state index is -1.32. The van der Waals surface area contributed by atoms with Gasteiger partial charge in [-0.1, -0.05) is 30.3 Å². The molecule has 0 radical (unpaired) electrons. The van der Waals surface area contributed by atoms with E-state index in [1.54, 1.807) is 0 Å². The summed E-state index contributed by atoms with van der Waals surface area (Å²) in [4.78, 5) is 58.6. The maximum Gasteiger partial charge on any atom is 0.407 e. The van der Waals surface area contributed by atoms with Gasteiger partial charge >= 0.3 is 30.0 Å². The molecule has 5 atom stereocenters. The third-order valence-corrected chi connectivity index (χ3v) is 5.19. The van der Waals surface area contributed by atoms with Crippen molar-refractivity contribution in [1.29, 1.82) is 0 Å². The van der Waals surface area contributed by atoms with Gasteiger partial charge < -0.3 is 43.2 Å². The lowest BCUT2D eigenvalue weighted by Gasteiger charge is -2.44. The molecule has 0 spiro atoms. The highest BCUT2D eigenvalue weighted by Gasteiger charge is 2.52. The van der Waals surface area contributed by atoms with E-state index in [-0.39, 0.29) is 39.6 Å². The van der Waals surface area contributed by atoms with Crippen LogP contribution in [0.3, 0.4) is 0 Å². The van der Waals surface area contributed by atoms with Gasteiger partial charge in [0, 0.05) is 34.2 Å². The molecule has 0 aliphatic carbocycles. The summed E-state index contributed by atoms with van der Waals surface area (Å²) >= 11 is 0. The normalized spacial score (nSPS) is 21.9. The van der Waals surface area contributed by atoms with Gasteiger partial charge in [0.15, 0.2) is 24.6 Å². The van der Waals surface area contributed by atoms with Crippen molar-refractivity contribution in [2.24, 2.45) is 0 Å². The first-order valence-electron chi connectivity index (χ1n) is 12.5. The predicted octanol–water partition coefficient (Wildman–Crippen LogP) is 1.03. The summed E-state index contributed by atoms with van der Waals surface area (Å²) in [6.45, 7) is 4.65. The summed E-state index contributed by atoms with van der Waals surface area (Å²) in [7, 11) is 0. The van der Waals surface area contributed by atoms with Gasteiger partial charge in [0.2, 0.25) is 0 Å². The lowest BCUT2D eigenvalue weighted by atomic mass is 9.98. The van der Waals surface area contributed by atoms with Crippen LogP contribution < -0.4 is 5.32 Å². The molecule has 0 unspecified atom stereocenters. The van der Waals surface area contributed by atoms with Gasteiger partial charge in [-0.05, 0) is 5.56 Å². The van der Waals surface area contributed by atoms with E-state index >= 15 is 0 Å². The molecule has 1 aromatic carbocycles. The van der Waals surface area contributed by atoms with Crippen LogP contribution in [0.1, 0.15) is 33.3 Å². The Morgan fingerprint density at radius 2 is 1.38 bits per heavy atom. The second kappa shape index (κ2) is 17.0. The molecule has 1 aromatic rings. The van der Waals surface area contributed by atoms with Gasteiger partial charge in [-0.3, -0.25) is 19.2 Å². The molecule has 1 aliphatic heterocycles. The SMILES string of the molecule is CC(=O)OC[C@H]1O[C@H](OCCOCCNC(=O)OCc2ccccc2)[C@@H](OC(C)=O)[C@@H](OC(C)=O)[C@@H]1OC(C)=O. The summed E-state index contributed by atoms with van der Waals surface area (Å²) < 4.78 is 43.0. The summed E-state index contributed by atoms with van der Waals surface area (Å²) in [5, 5.41) is 2.55. The molecule has 0 bridgehead atoms. The van der Waals surface area contributed by atoms with Crippen LogP contribution in [0.5, 0.6) is 0 Å². The number of alkyl carbamates (subject to hydrolysis) is 1. The first kappa shape index (κ1) is 32.5.